The Balaban J connectivity index is 2.63. The second kappa shape index (κ2) is 4.19. The number of fused-ring (bicyclic) bond motifs is 1. The molecule has 0 saturated heterocycles. The van der Waals surface area contributed by atoms with Crippen molar-refractivity contribution >= 4 is 21.4 Å². The van der Waals surface area contributed by atoms with Crippen LogP contribution in [0.3, 0.4) is 0 Å². The smallest absolute Gasteiger partial charge is 0.0348 e. The van der Waals surface area contributed by atoms with Crippen LogP contribution in [0.1, 0.15) is 30.7 Å². The highest BCUT2D eigenvalue weighted by Gasteiger charge is 2.25. The molecule has 0 fully saturated rings. The SMILES string of the molecule is Cc1sc2ccccc2c1C(C)(C)CCN. The first kappa shape index (κ1) is 11.6. The normalized spacial score (nSPS) is 12.2. The molecule has 16 heavy (non-hydrogen) atoms. The van der Waals surface area contributed by atoms with Crippen LogP contribution in [0.25, 0.3) is 10.1 Å². The van der Waals surface area contributed by atoms with Crippen LogP contribution in [0.15, 0.2) is 24.3 Å². The molecule has 0 aliphatic heterocycles. The summed E-state index contributed by atoms with van der Waals surface area (Å²) in [6.45, 7) is 7.55. The van der Waals surface area contributed by atoms with Crippen LogP contribution in [0.5, 0.6) is 0 Å². The van der Waals surface area contributed by atoms with Gasteiger partial charge in [0.15, 0.2) is 0 Å². The third-order valence-corrected chi connectivity index (χ3v) is 4.30. The number of aryl methyl sites for hydroxylation is 1. The predicted octanol–water partition coefficient (Wildman–Crippen LogP) is 3.84. The van der Waals surface area contributed by atoms with E-state index in [1.807, 2.05) is 11.3 Å². The number of hydrogen-bond donors (Lipinski definition) is 1. The fourth-order valence-corrected chi connectivity index (χ4v) is 3.74. The largest absolute Gasteiger partial charge is 0.330 e. The zero-order valence-electron chi connectivity index (χ0n) is 10.2. The Morgan fingerprint density at radius 3 is 2.62 bits per heavy atom. The molecular weight excluding hydrogens is 214 g/mol. The van der Waals surface area contributed by atoms with Crippen molar-refractivity contribution in [1.29, 1.82) is 0 Å². The summed E-state index contributed by atoms with van der Waals surface area (Å²) in [5.41, 5.74) is 7.38. The second-order valence-electron chi connectivity index (χ2n) is 4.95. The number of rotatable bonds is 3. The molecule has 0 atom stereocenters. The molecule has 0 radical (unpaired) electrons. The third-order valence-electron chi connectivity index (χ3n) is 3.22. The first-order chi connectivity index (χ1) is 7.56. The number of benzene rings is 1. The molecule has 1 heterocycles. The van der Waals surface area contributed by atoms with Gasteiger partial charge in [0, 0.05) is 9.58 Å². The zero-order chi connectivity index (χ0) is 11.8. The van der Waals surface area contributed by atoms with Crippen molar-refractivity contribution in [2.75, 3.05) is 6.54 Å². The standard InChI is InChI=1S/C14H19NS/c1-10-13(14(2,3)8-9-15)11-6-4-5-7-12(11)16-10/h4-7H,8-9,15H2,1-3H3. The lowest BCUT2D eigenvalue weighted by Crippen LogP contribution is -2.22. The molecule has 2 N–H and O–H groups in total. The van der Waals surface area contributed by atoms with Crippen LogP contribution in [0.2, 0.25) is 0 Å². The minimum absolute atomic E-state index is 0.179. The summed E-state index contributed by atoms with van der Waals surface area (Å²) in [4.78, 5) is 1.43. The molecule has 1 nitrogen and oxygen atoms in total. The molecule has 0 aliphatic carbocycles. The number of nitrogens with two attached hydrogens (primary N) is 1. The van der Waals surface area contributed by atoms with E-state index in [2.05, 4.69) is 45.0 Å². The lowest BCUT2D eigenvalue weighted by molar-refractivity contribution is 0.491. The van der Waals surface area contributed by atoms with Gasteiger partial charge in [0.2, 0.25) is 0 Å². The molecule has 2 heteroatoms. The number of hydrogen-bond acceptors (Lipinski definition) is 2. The van der Waals surface area contributed by atoms with Crippen LogP contribution in [0, 0.1) is 6.92 Å². The van der Waals surface area contributed by atoms with Crippen molar-refractivity contribution in [3.05, 3.63) is 34.7 Å². The fourth-order valence-electron chi connectivity index (χ4n) is 2.49. The van der Waals surface area contributed by atoms with Crippen LogP contribution in [-0.4, -0.2) is 6.54 Å². The summed E-state index contributed by atoms with van der Waals surface area (Å²) in [6, 6.07) is 8.66. The summed E-state index contributed by atoms with van der Waals surface area (Å²) in [5.74, 6) is 0. The van der Waals surface area contributed by atoms with E-state index in [0.29, 0.717) is 0 Å². The Morgan fingerprint density at radius 2 is 1.94 bits per heavy atom. The molecule has 0 unspecified atom stereocenters. The number of thiophene rings is 1. The Morgan fingerprint density at radius 1 is 1.25 bits per heavy atom. The van der Waals surface area contributed by atoms with E-state index in [-0.39, 0.29) is 5.41 Å². The first-order valence-corrected chi connectivity index (χ1v) is 6.56. The maximum Gasteiger partial charge on any atom is 0.0348 e. The summed E-state index contributed by atoms with van der Waals surface area (Å²) in [7, 11) is 0. The topological polar surface area (TPSA) is 26.0 Å². The van der Waals surface area contributed by atoms with Crippen molar-refractivity contribution in [2.45, 2.75) is 32.6 Å². The quantitative estimate of drug-likeness (QED) is 0.856. The van der Waals surface area contributed by atoms with E-state index in [4.69, 9.17) is 5.73 Å². The van der Waals surface area contributed by atoms with Crippen molar-refractivity contribution < 1.29 is 0 Å². The molecule has 0 bridgehead atoms. The Kier molecular flexibility index (Phi) is 3.04. The summed E-state index contributed by atoms with van der Waals surface area (Å²) >= 11 is 1.89. The first-order valence-electron chi connectivity index (χ1n) is 5.75. The van der Waals surface area contributed by atoms with Gasteiger partial charge in [0.25, 0.3) is 0 Å². The van der Waals surface area contributed by atoms with Crippen molar-refractivity contribution in [1.82, 2.24) is 0 Å². The summed E-state index contributed by atoms with van der Waals surface area (Å²) in [6.07, 6.45) is 1.04. The summed E-state index contributed by atoms with van der Waals surface area (Å²) in [5, 5.41) is 1.41. The van der Waals surface area contributed by atoms with Gasteiger partial charge in [-0.25, -0.2) is 0 Å². The molecule has 1 aromatic carbocycles. The molecule has 1 aromatic heterocycles. The van der Waals surface area contributed by atoms with E-state index in [1.54, 1.807) is 0 Å². The van der Waals surface area contributed by atoms with E-state index in [1.165, 1.54) is 20.5 Å². The predicted molar refractivity (Wildman–Crippen MR) is 73.3 cm³/mol. The molecule has 0 aliphatic rings. The maximum atomic E-state index is 5.72. The Bertz CT molecular complexity index is 496. The van der Waals surface area contributed by atoms with Gasteiger partial charge in [-0.2, -0.15) is 0 Å². The molecule has 2 rings (SSSR count). The molecule has 0 amide bonds. The Labute approximate surface area is 101 Å². The van der Waals surface area contributed by atoms with Crippen molar-refractivity contribution in [3.63, 3.8) is 0 Å². The molecule has 0 saturated carbocycles. The van der Waals surface area contributed by atoms with Crippen LogP contribution < -0.4 is 5.73 Å². The average Bonchev–Trinajstić information content (AvgIpc) is 2.53. The van der Waals surface area contributed by atoms with Gasteiger partial charge in [0.05, 0.1) is 0 Å². The molecular formula is C14H19NS. The highest BCUT2D eigenvalue weighted by Crippen LogP contribution is 2.40. The molecule has 2 aromatic rings. The molecule has 0 spiro atoms. The van der Waals surface area contributed by atoms with Gasteiger partial charge >= 0.3 is 0 Å². The van der Waals surface area contributed by atoms with Crippen LogP contribution in [-0.2, 0) is 5.41 Å². The fraction of sp³-hybridized carbons (Fsp3) is 0.429. The lowest BCUT2D eigenvalue weighted by Gasteiger charge is -2.25. The van der Waals surface area contributed by atoms with Crippen LogP contribution >= 0.6 is 11.3 Å². The van der Waals surface area contributed by atoms with Gasteiger partial charge < -0.3 is 5.73 Å². The van der Waals surface area contributed by atoms with Crippen molar-refractivity contribution in [2.24, 2.45) is 5.73 Å². The van der Waals surface area contributed by atoms with Gasteiger partial charge in [-0.05, 0) is 42.3 Å². The highest BCUT2D eigenvalue weighted by molar-refractivity contribution is 7.19. The van der Waals surface area contributed by atoms with Gasteiger partial charge in [-0.1, -0.05) is 32.0 Å². The maximum absolute atomic E-state index is 5.72. The van der Waals surface area contributed by atoms with Crippen LogP contribution in [0.4, 0.5) is 0 Å². The lowest BCUT2D eigenvalue weighted by atomic mass is 9.80. The summed E-state index contributed by atoms with van der Waals surface area (Å²) < 4.78 is 1.39. The minimum Gasteiger partial charge on any atom is -0.330 e. The second-order valence-corrected chi connectivity index (χ2v) is 6.21. The van der Waals surface area contributed by atoms with Crippen molar-refractivity contribution in [3.8, 4) is 0 Å². The minimum atomic E-state index is 0.179. The molecule has 86 valence electrons. The van der Waals surface area contributed by atoms with E-state index < -0.39 is 0 Å². The van der Waals surface area contributed by atoms with E-state index in [9.17, 15) is 0 Å². The highest BCUT2D eigenvalue weighted by atomic mass is 32.1. The van der Waals surface area contributed by atoms with Gasteiger partial charge in [0.1, 0.15) is 0 Å². The van der Waals surface area contributed by atoms with Gasteiger partial charge in [-0.15, -0.1) is 11.3 Å². The zero-order valence-corrected chi connectivity index (χ0v) is 11.0. The van der Waals surface area contributed by atoms with E-state index in [0.717, 1.165) is 13.0 Å². The van der Waals surface area contributed by atoms with E-state index >= 15 is 0 Å². The van der Waals surface area contributed by atoms with Gasteiger partial charge in [-0.3, -0.25) is 0 Å². The average molecular weight is 233 g/mol. The Hall–Kier alpha value is -0.860. The monoisotopic (exact) mass is 233 g/mol. The third kappa shape index (κ3) is 1.87.